The maximum atomic E-state index is 9.19. The molecule has 0 aliphatic rings. The Morgan fingerprint density at radius 1 is 1.20 bits per heavy atom. The molecule has 0 saturated carbocycles. The Balaban J connectivity index is 2.80. The van der Waals surface area contributed by atoms with Crippen molar-refractivity contribution in [3.63, 3.8) is 0 Å². The van der Waals surface area contributed by atoms with Crippen molar-refractivity contribution < 1.29 is 5.11 Å². The first kappa shape index (κ1) is 12.2. The number of aliphatic hydroxyl groups excluding tert-OH is 1. The van der Waals surface area contributed by atoms with Crippen molar-refractivity contribution in [3.8, 4) is 0 Å². The van der Waals surface area contributed by atoms with Gasteiger partial charge in [-0.25, -0.2) is 0 Å². The van der Waals surface area contributed by atoms with E-state index in [1.165, 1.54) is 0 Å². The van der Waals surface area contributed by atoms with Crippen molar-refractivity contribution in [1.82, 2.24) is 0 Å². The van der Waals surface area contributed by atoms with Crippen LogP contribution in [0.25, 0.3) is 0 Å². The first-order chi connectivity index (χ1) is 6.95. The van der Waals surface area contributed by atoms with Crippen LogP contribution in [0.3, 0.4) is 0 Å². The van der Waals surface area contributed by atoms with Crippen molar-refractivity contribution in [2.45, 2.75) is 39.8 Å². The molecule has 0 aliphatic heterocycles. The lowest BCUT2D eigenvalue weighted by molar-refractivity contribution is 0.277. The molecule has 0 radical (unpaired) electrons. The second-order valence-electron chi connectivity index (χ2n) is 5.10. The fourth-order valence-electron chi connectivity index (χ4n) is 1.45. The van der Waals surface area contributed by atoms with Crippen LogP contribution >= 0.6 is 0 Å². The van der Waals surface area contributed by atoms with Crippen LogP contribution < -0.4 is 5.73 Å². The van der Waals surface area contributed by atoms with Gasteiger partial charge in [0, 0.05) is 6.04 Å². The van der Waals surface area contributed by atoms with E-state index >= 15 is 0 Å². The third-order valence-electron chi connectivity index (χ3n) is 2.84. The number of benzene rings is 1. The number of rotatable bonds is 3. The van der Waals surface area contributed by atoms with Crippen molar-refractivity contribution >= 4 is 0 Å². The molecule has 1 rings (SSSR count). The molecule has 2 nitrogen and oxygen atoms in total. The Hall–Kier alpha value is -0.860. The van der Waals surface area contributed by atoms with Gasteiger partial charge in [-0.05, 0) is 23.0 Å². The third kappa shape index (κ3) is 3.33. The fraction of sp³-hybridized carbons (Fsp3) is 0.538. The van der Waals surface area contributed by atoms with Gasteiger partial charge in [0.1, 0.15) is 0 Å². The van der Waals surface area contributed by atoms with E-state index in [1.54, 1.807) is 0 Å². The highest BCUT2D eigenvalue weighted by Gasteiger charge is 2.21. The van der Waals surface area contributed by atoms with E-state index in [-0.39, 0.29) is 18.1 Å². The SMILES string of the molecule is CC(C)(C)C(N)Cc1ccccc1CO. The average Bonchev–Trinajstić information content (AvgIpc) is 2.17. The maximum absolute atomic E-state index is 9.19. The van der Waals surface area contributed by atoms with Gasteiger partial charge in [-0.3, -0.25) is 0 Å². The van der Waals surface area contributed by atoms with Gasteiger partial charge in [0.25, 0.3) is 0 Å². The van der Waals surface area contributed by atoms with Crippen LogP contribution in [0, 0.1) is 5.41 Å². The van der Waals surface area contributed by atoms with Gasteiger partial charge in [-0.15, -0.1) is 0 Å². The molecule has 0 bridgehead atoms. The molecule has 0 fully saturated rings. The summed E-state index contributed by atoms with van der Waals surface area (Å²) in [6, 6.07) is 8.04. The zero-order valence-electron chi connectivity index (χ0n) is 9.83. The zero-order chi connectivity index (χ0) is 11.5. The molecule has 0 aliphatic carbocycles. The number of hydrogen-bond donors (Lipinski definition) is 2. The number of hydrogen-bond acceptors (Lipinski definition) is 2. The lowest BCUT2D eigenvalue weighted by Gasteiger charge is -2.27. The van der Waals surface area contributed by atoms with Gasteiger partial charge >= 0.3 is 0 Å². The van der Waals surface area contributed by atoms with E-state index in [1.807, 2.05) is 24.3 Å². The largest absolute Gasteiger partial charge is 0.392 e. The molecule has 0 saturated heterocycles. The highest BCUT2D eigenvalue weighted by atomic mass is 16.3. The molecule has 0 aromatic heterocycles. The number of nitrogens with two attached hydrogens (primary N) is 1. The van der Waals surface area contributed by atoms with Crippen LogP contribution in [-0.4, -0.2) is 11.1 Å². The van der Waals surface area contributed by atoms with Crippen molar-refractivity contribution in [2.24, 2.45) is 11.1 Å². The summed E-state index contributed by atoms with van der Waals surface area (Å²) in [4.78, 5) is 0. The van der Waals surface area contributed by atoms with Crippen LogP contribution in [0.15, 0.2) is 24.3 Å². The lowest BCUT2D eigenvalue weighted by atomic mass is 9.83. The van der Waals surface area contributed by atoms with E-state index in [0.29, 0.717) is 0 Å². The Morgan fingerprint density at radius 3 is 2.20 bits per heavy atom. The molecule has 0 amide bonds. The Bertz CT molecular complexity index is 315. The summed E-state index contributed by atoms with van der Waals surface area (Å²) >= 11 is 0. The summed E-state index contributed by atoms with van der Waals surface area (Å²) in [6.45, 7) is 6.50. The molecule has 1 unspecified atom stereocenters. The molecule has 84 valence electrons. The fourth-order valence-corrected chi connectivity index (χ4v) is 1.45. The molecular weight excluding hydrogens is 186 g/mol. The first-order valence-corrected chi connectivity index (χ1v) is 5.38. The summed E-state index contributed by atoms with van der Waals surface area (Å²) in [5, 5.41) is 9.19. The standard InChI is InChI=1S/C13H21NO/c1-13(2,3)12(14)8-10-6-4-5-7-11(10)9-15/h4-7,12,15H,8-9,14H2,1-3H3. The van der Waals surface area contributed by atoms with Crippen LogP contribution in [0.5, 0.6) is 0 Å². The van der Waals surface area contributed by atoms with Crippen LogP contribution in [0.1, 0.15) is 31.9 Å². The molecule has 2 heteroatoms. The zero-order valence-corrected chi connectivity index (χ0v) is 9.83. The Morgan fingerprint density at radius 2 is 1.73 bits per heavy atom. The summed E-state index contributed by atoms with van der Waals surface area (Å²) in [5.41, 5.74) is 8.36. The van der Waals surface area contributed by atoms with Gasteiger partial charge in [0.15, 0.2) is 0 Å². The van der Waals surface area contributed by atoms with Crippen molar-refractivity contribution in [1.29, 1.82) is 0 Å². The summed E-state index contributed by atoms with van der Waals surface area (Å²) in [5.74, 6) is 0. The van der Waals surface area contributed by atoms with Crippen molar-refractivity contribution in [2.75, 3.05) is 0 Å². The predicted octanol–water partition coefficient (Wildman–Crippen LogP) is 2.09. The van der Waals surface area contributed by atoms with Gasteiger partial charge in [-0.2, -0.15) is 0 Å². The predicted molar refractivity (Wildman–Crippen MR) is 63.5 cm³/mol. The van der Waals surface area contributed by atoms with Crippen molar-refractivity contribution in [3.05, 3.63) is 35.4 Å². The topological polar surface area (TPSA) is 46.2 Å². The van der Waals surface area contributed by atoms with E-state index in [0.717, 1.165) is 17.5 Å². The lowest BCUT2D eigenvalue weighted by Crippen LogP contribution is -2.37. The molecule has 1 aromatic rings. The minimum absolute atomic E-state index is 0.0903. The minimum atomic E-state index is 0.0903. The molecule has 1 aromatic carbocycles. The Labute approximate surface area is 92.1 Å². The second-order valence-corrected chi connectivity index (χ2v) is 5.10. The van der Waals surface area contributed by atoms with E-state index in [4.69, 9.17) is 5.73 Å². The minimum Gasteiger partial charge on any atom is -0.392 e. The Kier molecular flexibility index (Phi) is 3.89. The molecule has 3 N–H and O–H groups in total. The van der Waals surface area contributed by atoms with Gasteiger partial charge in [0.05, 0.1) is 6.61 Å². The first-order valence-electron chi connectivity index (χ1n) is 5.38. The summed E-state index contributed by atoms with van der Waals surface area (Å²) in [6.07, 6.45) is 0.820. The second kappa shape index (κ2) is 4.77. The molecular formula is C13H21NO. The van der Waals surface area contributed by atoms with E-state index < -0.39 is 0 Å². The van der Waals surface area contributed by atoms with Gasteiger partial charge < -0.3 is 10.8 Å². The highest BCUT2D eigenvalue weighted by Crippen LogP contribution is 2.22. The van der Waals surface area contributed by atoms with Gasteiger partial charge in [0.2, 0.25) is 0 Å². The van der Waals surface area contributed by atoms with Crippen LogP contribution in [0.4, 0.5) is 0 Å². The smallest absolute Gasteiger partial charge is 0.0684 e. The number of aliphatic hydroxyl groups is 1. The molecule has 15 heavy (non-hydrogen) atoms. The quantitative estimate of drug-likeness (QED) is 0.797. The van der Waals surface area contributed by atoms with E-state index in [9.17, 15) is 5.11 Å². The summed E-state index contributed by atoms with van der Waals surface area (Å²) < 4.78 is 0. The monoisotopic (exact) mass is 207 g/mol. The summed E-state index contributed by atoms with van der Waals surface area (Å²) in [7, 11) is 0. The van der Waals surface area contributed by atoms with E-state index in [2.05, 4.69) is 20.8 Å². The molecule has 0 spiro atoms. The molecule has 0 heterocycles. The average molecular weight is 207 g/mol. The van der Waals surface area contributed by atoms with Gasteiger partial charge in [-0.1, -0.05) is 45.0 Å². The normalized spacial score (nSPS) is 13.9. The third-order valence-corrected chi connectivity index (χ3v) is 2.84. The highest BCUT2D eigenvalue weighted by molar-refractivity contribution is 5.27. The maximum Gasteiger partial charge on any atom is 0.0684 e. The van der Waals surface area contributed by atoms with Crippen LogP contribution in [-0.2, 0) is 13.0 Å². The van der Waals surface area contributed by atoms with Crippen LogP contribution in [0.2, 0.25) is 0 Å². The molecule has 1 atom stereocenters.